The molecular formula is C10H10BrNO3. The van der Waals surface area contributed by atoms with E-state index in [4.69, 9.17) is 15.9 Å². The lowest BCUT2D eigenvalue weighted by atomic mass is 10.4. The number of carboxylic acid groups (broad SMARTS) is 1. The summed E-state index contributed by atoms with van der Waals surface area (Å²) >= 11 is 3.29. The lowest BCUT2D eigenvalue weighted by Crippen LogP contribution is -2.29. The van der Waals surface area contributed by atoms with Crippen LogP contribution in [0, 0.1) is 12.3 Å². The second-order valence-electron chi connectivity index (χ2n) is 2.93. The predicted molar refractivity (Wildman–Crippen MR) is 58.2 cm³/mol. The number of hydrogen-bond acceptors (Lipinski definition) is 3. The number of carboxylic acids is 1. The number of terminal acetylenes is 1. The van der Waals surface area contributed by atoms with E-state index in [0.717, 1.165) is 4.47 Å². The molecule has 1 rings (SSSR count). The minimum atomic E-state index is -0.909. The Morgan fingerprint density at radius 1 is 1.73 bits per heavy atom. The van der Waals surface area contributed by atoms with E-state index in [2.05, 4.69) is 21.9 Å². The van der Waals surface area contributed by atoms with Crippen molar-refractivity contribution in [2.75, 3.05) is 13.1 Å². The Bertz CT molecular complexity index is 380. The Morgan fingerprint density at radius 2 is 2.47 bits per heavy atom. The van der Waals surface area contributed by atoms with Crippen LogP contribution in [0.3, 0.4) is 0 Å². The molecule has 0 unspecified atom stereocenters. The molecule has 0 aliphatic heterocycles. The number of carbonyl (C=O) groups is 1. The summed E-state index contributed by atoms with van der Waals surface area (Å²) in [5.41, 5.74) is 0. The van der Waals surface area contributed by atoms with Gasteiger partial charge in [-0.3, -0.25) is 9.69 Å². The van der Waals surface area contributed by atoms with E-state index in [-0.39, 0.29) is 13.1 Å². The second-order valence-corrected chi connectivity index (χ2v) is 3.79. The zero-order chi connectivity index (χ0) is 11.3. The van der Waals surface area contributed by atoms with Crippen molar-refractivity contribution in [3.8, 4) is 12.3 Å². The van der Waals surface area contributed by atoms with Crippen molar-refractivity contribution in [1.29, 1.82) is 0 Å². The average molecular weight is 272 g/mol. The number of aliphatic carboxylic acids is 1. The summed E-state index contributed by atoms with van der Waals surface area (Å²) in [6.45, 7) is 0.556. The van der Waals surface area contributed by atoms with E-state index in [1.165, 1.54) is 6.26 Å². The third-order valence-corrected chi connectivity index (χ3v) is 2.44. The van der Waals surface area contributed by atoms with Gasteiger partial charge in [-0.05, 0) is 22.0 Å². The lowest BCUT2D eigenvalue weighted by Gasteiger charge is -2.15. The largest absolute Gasteiger partial charge is 0.480 e. The van der Waals surface area contributed by atoms with Gasteiger partial charge in [-0.2, -0.15) is 0 Å². The van der Waals surface area contributed by atoms with Crippen molar-refractivity contribution < 1.29 is 14.3 Å². The molecule has 5 heteroatoms. The molecule has 1 aromatic rings. The van der Waals surface area contributed by atoms with Crippen LogP contribution in [-0.2, 0) is 11.3 Å². The van der Waals surface area contributed by atoms with Crippen LogP contribution < -0.4 is 0 Å². The number of rotatable bonds is 5. The van der Waals surface area contributed by atoms with Gasteiger partial charge >= 0.3 is 5.97 Å². The smallest absolute Gasteiger partial charge is 0.317 e. The van der Waals surface area contributed by atoms with Crippen LogP contribution >= 0.6 is 15.9 Å². The summed E-state index contributed by atoms with van der Waals surface area (Å²) in [5.74, 6) is 2.17. The molecule has 0 fully saturated rings. The van der Waals surface area contributed by atoms with Gasteiger partial charge < -0.3 is 9.52 Å². The highest BCUT2D eigenvalue weighted by Gasteiger charge is 2.12. The standard InChI is InChI=1S/C10H10BrNO3/c1-2-4-12(7-10(13)14)6-9-8(11)3-5-15-9/h1,3,5H,4,6-7H2,(H,13,14). The molecule has 0 atom stereocenters. The third-order valence-electron chi connectivity index (χ3n) is 1.73. The van der Waals surface area contributed by atoms with Gasteiger partial charge in [0.25, 0.3) is 0 Å². The first-order valence-electron chi connectivity index (χ1n) is 4.23. The molecule has 0 amide bonds. The van der Waals surface area contributed by atoms with Crippen molar-refractivity contribution in [2.24, 2.45) is 0 Å². The minimum Gasteiger partial charge on any atom is -0.480 e. The SMILES string of the molecule is C#CCN(CC(=O)O)Cc1occc1Br. The first-order valence-corrected chi connectivity index (χ1v) is 5.02. The van der Waals surface area contributed by atoms with E-state index >= 15 is 0 Å². The average Bonchev–Trinajstić information content (AvgIpc) is 2.51. The van der Waals surface area contributed by atoms with Crippen LogP contribution in [0.4, 0.5) is 0 Å². The summed E-state index contributed by atoms with van der Waals surface area (Å²) in [7, 11) is 0. The molecule has 80 valence electrons. The summed E-state index contributed by atoms with van der Waals surface area (Å²) in [5, 5.41) is 8.66. The van der Waals surface area contributed by atoms with Crippen molar-refractivity contribution in [1.82, 2.24) is 4.90 Å². The van der Waals surface area contributed by atoms with Crippen LogP contribution in [0.2, 0.25) is 0 Å². The number of furan rings is 1. The fourth-order valence-corrected chi connectivity index (χ4v) is 1.46. The van der Waals surface area contributed by atoms with Gasteiger partial charge in [0.1, 0.15) is 5.76 Å². The van der Waals surface area contributed by atoms with E-state index in [9.17, 15) is 4.79 Å². The van der Waals surface area contributed by atoms with Crippen LogP contribution in [0.5, 0.6) is 0 Å². The molecule has 0 bridgehead atoms. The van der Waals surface area contributed by atoms with Gasteiger partial charge in [-0.1, -0.05) is 5.92 Å². The highest BCUT2D eigenvalue weighted by atomic mass is 79.9. The van der Waals surface area contributed by atoms with Gasteiger partial charge in [-0.25, -0.2) is 0 Å². The number of halogens is 1. The Labute approximate surface area is 96.0 Å². The van der Waals surface area contributed by atoms with Gasteiger partial charge in [0.2, 0.25) is 0 Å². The van der Waals surface area contributed by atoms with Crippen LogP contribution in [0.1, 0.15) is 5.76 Å². The monoisotopic (exact) mass is 271 g/mol. The third kappa shape index (κ3) is 3.78. The topological polar surface area (TPSA) is 53.7 Å². The first-order chi connectivity index (χ1) is 7.13. The zero-order valence-electron chi connectivity index (χ0n) is 7.94. The molecule has 0 aliphatic rings. The number of hydrogen-bond donors (Lipinski definition) is 1. The highest BCUT2D eigenvalue weighted by Crippen LogP contribution is 2.19. The molecule has 0 spiro atoms. The molecule has 1 N–H and O–H groups in total. The Kier molecular flexibility index (Phi) is 4.40. The van der Waals surface area contributed by atoms with Crippen LogP contribution in [0.25, 0.3) is 0 Å². The zero-order valence-corrected chi connectivity index (χ0v) is 9.53. The van der Waals surface area contributed by atoms with Crippen molar-refractivity contribution >= 4 is 21.9 Å². The molecule has 1 aromatic heterocycles. The van der Waals surface area contributed by atoms with Crippen molar-refractivity contribution in [3.05, 3.63) is 22.6 Å². The van der Waals surface area contributed by atoms with Crippen molar-refractivity contribution in [2.45, 2.75) is 6.54 Å². The van der Waals surface area contributed by atoms with Gasteiger partial charge in [0, 0.05) is 0 Å². The van der Waals surface area contributed by atoms with E-state index in [1.54, 1.807) is 11.0 Å². The quantitative estimate of drug-likeness (QED) is 0.826. The Morgan fingerprint density at radius 3 is 2.93 bits per heavy atom. The number of nitrogens with zero attached hydrogens (tertiary/aromatic N) is 1. The fraction of sp³-hybridized carbons (Fsp3) is 0.300. The van der Waals surface area contributed by atoms with Gasteiger partial charge in [0.15, 0.2) is 0 Å². The van der Waals surface area contributed by atoms with Crippen LogP contribution in [0.15, 0.2) is 21.2 Å². The Hall–Kier alpha value is -1.25. The summed E-state index contributed by atoms with van der Waals surface area (Å²) < 4.78 is 5.99. The molecule has 0 aliphatic carbocycles. The molecule has 0 radical (unpaired) electrons. The van der Waals surface area contributed by atoms with E-state index in [1.807, 2.05) is 0 Å². The predicted octanol–water partition coefficient (Wildman–Crippen LogP) is 1.56. The molecule has 4 nitrogen and oxygen atoms in total. The lowest BCUT2D eigenvalue weighted by molar-refractivity contribution is -0.138. The van der Waals surface area contributed by atoms with Gasteiger partial charge in [-0.15, -0.1) is 6.42 Å². The molecule has 0 aromatic carbocycles. The molecule has 0 saturated heterocycles. The van der Waals surface area contributed by atoms with Crippen molar-refractivity contribution in [3.63, 3.8) is 0 Å². The van der Waals surface area contributed by atoms with Crippen LogP contribution in [-0.4, -0.2) is 29.1 Å². The molecule has 15 heavy (non-hydrogen) atoms. The summed E-state index contributed by atoms with van der Waals surface area (Å²) in [4.78, 5) is 12.1. The highest BCUT2D eigenvalue weighted by molar-refractivity contribution is 9.10. The first kappa shape index (κ1) is 11.8. The minimum absolute atomic E-state index is 0.0999. The molecular weight excluding hydrogens is 262 g/mol. The van der Waals surface area contributed by atoms with Gasteiger partial charge in [0.05, 0.1) is 30.4 Å². The maximum absolute atomic E-state index is 10.5. The summed E-state index contributed by atoms with van der Waals surface area (Å²) in [6.07, 6.45) is 6.68. The molecule has 0 saturated carbocycles. The fourth-order valence-electron chi connectivity index (χ4n) is 1.13. The second kappa shape index (κ2) is 5.59. The molecule has 1 heterocycles. The maximum Gasteiger partial charge on any atom is 0.317 e. The van der Waals surface area contributed by atoms with E-state index in [0.29, 0.717) is 12.3 Å². The van der Waals surface area contributed by atoms with E-state index < -0.39 is 5.97 Å². The normalized spacial score (nSPS) is 10.2. The Balaban J connectivity index is 2.63. The summed E-state index contributed by atoms with van der Waals surface area (Å²) in [6, 6.07) is 1.75. The maximum atomic E-state index is 10.5.